The summed E-state index contributed by atoms with van der Waals surface area (Å²) in [4.78, 5) is 4.34. The lowest BCUT2D eigenvalue weighted by molar-refractivity contribution is 0.614. The standard InChI is InChI=1S/C13H15N5O/c1-8-9(7-16-18(8)2)6-15-13-17-11-5-10(14)3-4-12(11)19-13/h3-5,7H,6,14H2,1-2H3,(H,15,17). The summed E-state index contributed by atoms with van der Waals surface area (Å²) >= 11 is 0. The Balaban J connectivity index is 1.80. The highest BCUT2D eigenvalue weighted by atomic mass is 16.4. The Morgan fingerprint density at radius 2 is 2.26 bits per heavy atom. The number of nitrogens with one attached hydrogen (secondary N) is 1. The normalized spacial score (nSPS) is 11.1. The molecule has 19 heavy (non-hydrogen) atoms. The molecule has 3 aromatic rings. The van der Waals surface area contributed by atoms with Crippen LogP contribution in [0.2, 0.25) is 0 Å². The number of aryl methyl sites for hydroxylation is 1. The van der Waals surface area contributed by atoms with Gasteiger partial charge in [0, 0.05) is 30.5 Å². The summed E-state index contributed by atoms with van der Waals surface area (Å²) in [5.74, 6) is 0. The summed E-state index contributed by atoms with van der Waals surface area (Å²) in [5, 5.41) is 7.34. The van der Waals surface area contributed by atoms with Crippen LogP contribution in [0.5, 0.6) is 0 Å². The first-order valence-electron chi connectivity index (χ1n) is 6.01. The van der Waals surface area contributed by atoms with Crippen LogP contribution in [0.3, 0.4) is 0 Å². The molecule has 0 saturated carbocycles. The predicted molar refractivity (Wildman–Crippen MR) is 73.7 cm³/mol. The Bertz CT molecular complexity index is 728. The van der Waals surface area contributed by atoms with Crippen molar-refractivity contribution in [1.29, 1.82) is 0 Å². The van der Waals surface area contributed by atoms with Gasteiger partial charge in [0.05, 0.1) is 6.20 Å². The average molecular weight is 257 g/mol. The molecule has 0 aliphatic heterocycles. The van der Waals surface area contributed by atoms with E-state index in [-0.39, 0.29) is 0 Å². The fourth-order valence-electron chi connectivity index (χ4n) is 1.91. The summed E-state index contributed by atoms with van der Waals surface area (Å²) in [5.41, 5.74) is 10.1. The highest BCUT2D eigenvalue weighted by Crippen LogP contribution is 2.21. The van der Waals surface area contributed by atoms with Crippen molar-refractivity contribution in [2.24, 2.45) is 7.05 Å². The smallest absolute Gasteiger partial charge is 0.295 e. The number of nitrogens with zero attached hydrogens (tertiary/aromatic N) is 3. The topological polar surface area (TPSA) is 81.9 Å². The van der Waals surface area contributed by atoms with E-state index in [1.165, 1.54) is 0 Å². The Labute approximate surface area is 110 Å². The predicted octanol–water partition coefficient (Wildman–Crippen LogP) is 2.06. The van der Waals surface area contributed by atoms with Crippen LogP contribution in [0.15, 0.2) is 28.8 Å². The fourth-order valence-corrected chi connectivity index (χ4v) is 1.91. The zero-order chi connectivity index (χ0) is 13.4. The van der Waals surface area contributed by atoms with Crippen LogP contribution in [-0.2, 0) is 13.6 Å². The zero-order valence-electron chi connectivity index (χ0n) is 10.8. The monoisotopic (exact) mass is 257 g/mol. The maximum absolute atomic E-state index is 5.71. The third-order valence-electron chi connectivity index (χ3n) is 3.18. The number of anilines is 2. The largest absolute Gasteiger partial charge is 0.424 e. The summed E-state index contributed by atoms with van der Waals surface area (Å²) in [6, 6.07) is 5.89. The van der Waals surface area contributed by atoms with Crippen LogP contribution in [0, 0.1) is 6.92 Å². The Hall–Kier alpha value is -2.50. The number of fused-ring (bicyclic) bond motifs is 1. The molecule has 0 spiro atoms. The number of hydrogen-bond donors (Lipinski definition) is 2. The van der Waals surface area contributed by atoms with Crippen molar-refractivity contribution in [1.82, 2.24) is 14.8 Å². The van der Waals surface area contributed by atoms with E-state index in [0.29, 0.717) is 18.2 Å². The maximum atomic E-state index is 5.71. The van der Waals surface area contributed by atoms with Crippen LogP contribution < -0.4 is 11.1 Å². The van der Waals surface area contributed by atoms with Gasteiger partial charge in [-0.3, -0.25) is 4.68 Å². The van der Waals surface area contributed by atoms with Gasteiger partial charge in [-0.2, -0.15) is 10.1 Å². The molecule has 0 unspecified atom stereocenters. The van der Waals surface area contributed by atoms with Crippen LogP contribution in [0.25, 0.3) is 11.1 Å². The van der Waals surface area contributed by atoms with Gasteiger partial charge in [-0.1, -0.05) is 0 Å². The van der Waals surface area contributed by atoms with Crippen LogP contribution >= 0.6 is 0 Å². The molecule has 0 atom stereocenters. The molecule has 0 fully saturated rings. The first-order valence-corrected chi connectivity index (χ1v) is 6.01. The van der Waals surface area contributed by atoms with E-state index in [9.17, 15) is 0 Å². The van der Waals surface area contributed by atoms with E-state index in [2.05, 4.69) is 15.4 Å². The van der Waals surface area contributed by atoms with Crippen molar-refractivity contribution >= 4 is 22.8 Å². The second kappa shape index (κ2) is 4.31. The van der Waals surface area contributed by atoms with Crippen LogP contribution in [0.1, 0.15) is 11.3 Å². The zero-order valence-corrected chi connectivity index (χ0v) is 10.8. The SMILES string of the molecule is Cc1c(CNc2nc3cc(N)ccc3o2)cnn1C. The summed E-state index contributed by atoms with van der Waals surface area (Å²) in [7, 11) is 1.92. The molecular weight excluding hydrogens is 242 g/mol. The van der Waals surface area contributed by atoms with Gasteiger partial charge in [0.2, 0.25) is 0 Å². The molecule has 0 amide bonds. The first-order chi connectivity index (χ1) is 9.13. The third-order valence-corrected chi connectivity index (χ3v) is 3.18. The number of hydrogen-bond acceptors (Lipinski definition) is 5. The number of oxazole rings is 1. The van der Waals surface area contributed by atoms with Gasteiger partial charge < -0.3 is 15.5 Å². The third kappa shape index (κ3) is 2.12. The Morgan fingerprint density at radius 3 is 3.00 bits per heavy atom. The van der Waals surface area contributed by atoms with Crippen molar-refractivity contribution in [2.75, 3.05) is 11.1 Å². The van der Waals surface area contributed by atoms with E-state index in [0.717, 1.165) is 22.4 Å². The van der Waals surface area contributed by atoms with Gasteiger partial charge in [0.15, 0.2) is 5.58 Å². The van der Waals surface area contributed by atoms with E-state index in [1.54, 1.807) is 12.1 Å². The lowest BCUT2D eigenvalue weighted by Crippen LogP contribution is -2.01. The molecular formula is C13H15N5O. The minimum Gasteiger partial charge on any atom is -0.424 e. The second-order valence-electron chi connectivity index (χ2n) is 4.48. The van der Waals surface area contributed by atoms with Crippen molar-refractivity contribution in [3.8, 4) is 0 Å². The Kier molecular flexibility index (Phi) is 2.63. The van der Waals surface area contributed by atoms with Crippen molar-refractivity contribution < 1.29 is 4.42 Å². The van der Waals surface area contributed by atoms with Crippen molar-refractivity contribution in [3.05, 3.63) is 35.7 Å². The number of nitrogens with two attached hydrogens (primary N) is 1. The minimum atomic E-state index is 0.490. The molecule has 3 N–H and O–H groups in total. The van der Waals surface area contributed by atoms with Gasteiger partial charge >= 0.3 is 0 Å². The van der Waals surface area contributed by atoms with E-state index >= 15 is 0 Å². The molecule has 0 bridgehead atoms. The van der Waals surface area contributed by atoms with E-state index in [4.69, 9.17) is 10.2 Å². The highest BCUT2D eigenvalue weighted by Gasteiger charge is 2.08. The van der Waals surface area contributed by atoms with Gasteiger partial charge in [0.25, 0.3) is 6.01 Å². The van der Waals surface area contributed by atoms with Gasteiger partial charge in [-0.25, -0.2) is 0 Å². The summed E-state index contributed by atoms with van der Waals surface area (Å²) in [6.45, 7) is 2.65. The van der Waals surface area contributed by atoms with Gasteiger partial charge in [0.1, 0.15) is 5.52 Å². The maximum Gasteiger partial charge on any atom is 0.295 e. The minimum absolute atomic E-state index is 0.490. The van der Waals surface area contributed by atoms with Crippen molar-refractivity contribution in [2.45, 2.75) is 13.5 Å². The molecule has 6 heteroatoms. The number of benzene rings is 1. The molecule has 2 aromatic heterocycles. The summed E-state index contributed by atoms with van der Waals surface area (Å²) in [6.07, 6.45) is 1.84. The molecule has 0 aliphatic rings. The molecule has 1 aromatic carbocycles. The summed E-state index contributed by atoms with van der Waals surface area (Å²) < 4.78 is 7.42. The lowest BCUT2D eigenvalue weighted by Gasteiger charge is -2.00. The quantitative estimate of drug-likeness (QED) is 0.702. The van der Waals surface area contributed by atoms with Gasteiger partial charge in [-0.15, -0.1) is 0 Å². The second-order valence-corrected chi connectivity index (χ2v) is 4.48. The first kappa shape index (κ1) is 11.6. The number of rotatable bonds is 3. The van der Waals surface area contributed by atoms with Crippen LogP contribution in [0.4, 0.5) is 11.7 Å². The molecule has 6 nitrogen and oxygen atoms in total. The van der Waals surface area contributed by atoms with E-state index in [1.807, 2.05) is 30.9 Å². The number of aromatic nitrogens is 3. The molecule has 0 aliphatic carbocycles. The Morgan fingerprint density at radius 1 is 1.42 bits per heavy atom. The van der Waals surface area contributed by atoms with Crippen molar-refractivity contribution in [3.63, 3.8) is 0 Å². The molecule has 0 saturated heterocycles. The average Bonchev–Trinajstić information content (AvgIpc) is 2.92. The molecule has 0 radical (unpaired) electrons. The van der Waals surface area contributed by atoms with E-state index < -0.39 is 0 Å². The molecule has 3 rings (SSSR count). The van der Waals surface area contributed by atoms with Crippen LogP contribution in [-0.4, -0.2) is 14.8 Å². The fraction of sp³-hybridized carbons (Fsp3) is 0.231. The molecule has 98 valence electrons. The lowest BCUT2D eigenvalue weighted by atomic mass is 10.2. The molecule has 2 heterocycles. The van der Waals surface area contributed by atoms with Gasteiger partial charge in [-0.05, 0) is 25.1 Å². The number of nitrogen functional groups attached to an aromatic ring is 1. The highest BCUT2D eigenvalue weighted by molar-refractivity contribution is 5.78.